The first-order chi connectivity index (χ1) is 8.86. The second-order valence-corrected chi connectivity index (χ2v) is 5.49. The lowest BCUT2D eigenvalue weighted by Gasteiger charge is -2.36. The number of alkyl halides is 3. The molecular weight excluding hydrogens is 253 g/mol. The van der Waals surface area contributed by atoms with Gasteiger partial charge in [-0.2, -0.15) is 13.2 Å². The van der Waals surface area contributed by atoms with Gasteiger partial charge in [-0.05, 0) is 25.3 Å². The lowest BCUT2D eigenvalue weighted by molar-refractivity contribution is -0.0965. The van der Waals surface area contributed by atoms with Gasteiger partial charge in [0.25, 0.3) is 0 Å². The van der Waals surface area contributed by atoms with Crippen LogP contribution in [0.1, 0.15) is 33.6 Å². The van der Waals surface area contributed by atoms with E-state index in [1.54, 1.807) is 0 Å². The molecule has 0 spiro atoms. The zero-order valence-corrected chi connectivity index (χ0v) is 12.1. The van der Waals surface area contributed by atoms with Crippen LogP contribution in [0.2, 0.25) is 0 Å². The van der Waals surface area contributed by atoms with Gasteiger partial charge in [0.05, 0.1) is 0 Å². The van der Waals surface area contributed by atoms with Crippen molar-refractivity contribution in [3.63, 3.8) is 0 Å². The molecule has 1 unspecified atom stereocenters. The summed E-state index contributed by atoms with van der Waals surface area (Å²) in [6.45, 7) is 9.08. The zero-order chi connectivity index (χ0) is 14.5. The van der Waals surface area contributed by atoms with Crippen LogP contribution in [0.5, 0.6) is 0 Å². The second-order valence-electron chi connectivity index (χ2n) is 5.49. The highest BCUT2D eigenvalue weighted by Crippen LogP contribution is 2.31. The molecule has 0 amide bonds. The molecule has 0 bridgehead atoms. The predicted molar refractivity (Wildman–Crippen MR) is 72.1 cm³/mol. The van der Waals surface area contributed by atoms with E-state index >= 15 is 0 Å². The summed E-state index contributed by atoms with van der Waals surface area (Å²) in [5.41, 5.74) is -0.368. The van der Waals surface area contributed by atoms with Gasteiger partial charge in [-0.25, -0.2) is 0 Å². The van der Waals surface area contributed by atoms with Gasteiger partial charge >= 0.3 is 6.18 Å². The third kappa shape index (κ3) is 5.15. The van der Waals surface area contributed by atoms with Crippen LogP contribution in [0.25, 0.3) is 0 Å². The molecule has 19 heavy (non-hydrogen) atoms. The summed E-state index contributed by atoms with van der Waals surface area (Å²) in [4.78, 5) is 2.16. The van der Waals surface area contributed by atoms with E-state index in [1.165, 1.54) is 6.08 Å². The van der Waals surface area contributed by atoms with Gasteiger partial charge in [-0.15, -0.1) is 0 Å². The van der Waals surface area contributed by atoms with Crippen LogP contribution >= 0.6 is 0 Å². The summed E-state index contributed by atoms with van der Waals surface area (Å²) in [5.74, 6) is 0.435. The van der Waals surface area contributed by atoms with E-state index in [-0.39, 0.29) is 12.0 Å². The summed E-state index contributed by atoms with van der Waals surface area (Å²) in [7, 11) is 0. The van der Waals surface area contributed by atoms with E-state index in [9.17, 15) is 13.2 Å². The molecule has 0 aromatic rings. The average Bonchev–Trinajstić information content (AvgIpc) is 2.33. The molecule has 1 heterocycles. The lowest BCUT2D eigenvalue weighted by atomic mass is 9.99. The number of hydrogen-bond acceptors (Lipinski definition) is 2. The van der Waals surface area contributed by atoms with Crippen LogP contribution in [-0.2, 0) is 0 Å². The fourth-order valence-electron chi connectivity index (χ4n) is 2.46. The van der Waals surface area contributed by atoms with Crippen LogP contribution in [0.15, 0.2) is 11.6 Å². The molecule has 0 aromatic heterocycles. The van der Waals surface area contributed by atoms with Crippen molar-refractivity contribution < 1.29 is 13.2 Å². The van der Waals surface area contributed by atoms with Gasteiger partial charge in [-0.1, -0.05) is 26.8 Å². The van der Waals surface area contributed by atoms with E-state index in [4.69, 9.17) is 0 Å². The summed E-state index contributed by atoms with van der Waals surface area (Å²) < 4.78 is 37.7. The van der Waals surface area contributed by atoms with Crippen LogP contribution in [0, 0.1) is 5.92 Å². The van der Waals surface area contributed by atoms with E-state index in [1.807, 2.05) is 0 Å². The lowest BCUT2D eigenvalue weighted by Crippen LogP contribution is -2.48. The molecule has 1 atom stereocenters. The number of nitrogens with one attached hydrogen (secondary N) is 1. The maximum Gasteiger partial charge on any atom is 0.412 e. The number of rotatable bonds is 6. The Morgan fingerprint density at radius 3 is 2.47 bits per heavy atom. The Balaban J connectivity index is 2.57. The van der Waals surface area contributed by atoms with Crippen molar-refractivity contribution >= 4 is 0 Å². The number of halogens is 3. The summed E-state index contributed by atoms with van der Waals surface area (Å²) in [6.07, 6.45) is -1.62. The normalized spacial score (nSPS) is 19.6. The van der Waals surface area contributed by atoms with Crippen molar-refractivity contribution in [2.75, 3.05) is 26.2 Å². The smallest absolute Gasteiger partial charge is 0.315 e. The van der Waals surface area contributed by atoms with Crippen LogP contribution in [-0.4, -0.2) is 43.3 Å². The molecule has 0 aliphatic carbocycles. The Kier molecular flexibility index (Phi) is 6.33. The van der Waals surface area contributed by atoms with Crippen LogP contribution in [0.3, 0.4) is 0 Å². The van der Waals surface area contributed by atoms with Crippen LogP contribution < -0.4 is 5.32 Å². The van der Waals surface area contributed by atoms with Crippen LogP contribution in [0.4, 0.5) is 13.2 Å². The van der Waals surface area contributed by atoms with Crippen molar-refractivity contribution in [2.45, 2.75) is 45.8 Å². The zero-order valence-electron chi connectivity index (χ0n) is 12.1. The molecule has 1 N–H and O–H groups in total. The third-order valence-corrected chi connectivity index (χ3v) is 3.62. The van der Waals surface area contributed by atoms with Crippen molar-refractivity contribution in [3.05, 3.63) is 11.6 Å². The summed E-state index contributed by atoms with van der Waals surface area (Å²) in [6, 6.07) is 0.303. The molecule has 1 aliphatic rings. The Hall–Kier alpha value is -0.550. The van der Waals surface area contributed by atoms with E-state index in [0.29, 0.717) is 25.0 Å². The Morgan fingerprint density at radius 1 is 1.37 bits per heavy atom. The molecule has 1 rings (SSSR count). The quantitative estimate of drug-likeness (QED) is 0.593. The largest absolute Gasteiger partial charge is 0.412 e. The maximum atomic E-state index is 12.6. The highest BCUT2D eigenvalue weighted by atomic mass is 19.4. The summed E-state index contributed by atoms with van der Waals surface area (Å²) >= 11 is 0. The van der Waals surface area contributed by atoms with E-state index < -0.39 is 6.18 Å². The Labute approximate surface area is 114 Å². The highest BCUT2D eigenvalue weighted by molar-refractivity contribution is 5.13. The van der Waals surface area contributed by atoms with E-state index in [0.717, 1.165) is 19.5 Å². The van der Waals surface area contributed by atoms with E-state index in [2.05, 4.69) is 31.0 Å². The minimum absolute atomic E-state index is 0.112. The van der Waals surface area contributed by atoms with Gasteiger partial charge in [0.15, 0.2) is 0 Å². The topological polar surface area (TPSA) is 15.3 Å². The van der Waals surface area contributed by atoms with Gasteiger partial charge in [0, 0.05) is 31.2 Å². The fraction of sp³-hybridized carbons (Fsp3) is 0.857. The molecule has 0 saturated carbocycles. The Morgan fingerprint density at radius 2 is 2.05 bits per heavy atom. The van der Waals surface area contributed by atoms with Crippen molar-refractivity contribution in [1.29, 1.82) is 0 Å². The molecule has 2 nitrogen and oxygen atoms in total. The molecule has 0 radical (unpaired) electrons. The first kappa shape index (κ1) is 16.5. The van der Waals surface area contributed by atoms with Crippen molar-refractivity contribution in [3.8, 4) is 0 Å². The first-order valence-electron chi connectivity index (χ1n) is 7.07. The fourth-order valence-corrected chi connectivity index (χ4v) is 2.46. The SMILES string of the molecule is CCCNCC(C(C)C)N1CC=C(C(F)(F)F)CC1. The highest BCUT2D eigenvalue weighted by Gasteiger charge is 2.36. The molecule has 1 aliphatic heterocycles. The van der Waals surface area contributed by atoms with Gasteiger partial charge in [-0.3, -0.25) is 4.90 Å². The molecule has 112 valence electrons. The van der Waals surface area contributed by atoms with Gasteiger partial charge in [0.1, 0.15) is 0 Å². The second kappa shape index (κ2) is 7.29. The third-order valence-electron chi connectivity index (χ3n) is 3.62. The monoisotopic (exact) mass is 278 g/mol. The Bertz CT molecular complexity index is 298. The molecule has 0 fully saturated rings. The molecular formula is C14H25F3N2. The number of hydrogen-bond donors (Lipinski definition) is 1. The minimum Gasteiger partial charge on any atom is -0.315 e. The van der Waals surface area contributed by atoms with Crippen molar-refractivity contribution in [2.24, 2.45) is 5.92 Å². The van der Waals surface area contributed by atoms with Gasteiger partial charge < -0.3 is 5.32 Å². The molecule has 0 saturated heterocycles. The maximum absolute atomic E-state index is 12.6. The predicted octanol–water partition coefficient (Wildman–Crippen LogP) is 3.21. The standard InChI is InChI=1S/C14H25F3N2/c1-4-7-18-10-13(11(2)3)19-8-5-12(6-9-19)14(15,16)17/h5,11,13,18H,4,6-10H2,1-3H3. The van der Waals surface area contributed by atoms with Crippen molar-refractivity contribution in [1.82, 2.24) is 10.2 Å². The average molecular weight is 278 g/mol. The molecule has 0 aromatic carbocycles. The first-order valence-corrected chi connectivity index (χ1v) is 7.07. The minimum atomic E-state index is -4.15. The van der Waals surface area contributed by atoms with Gasteiger partial charge in [0.2, 0.25) is 0 Å². The summed E-state index contributed by atoms with van der Waals surface area (Å²) in [5, 5.41) is 3.37. The molecule has 5 heteroatoms. The number of nitrogens with zero attached hydrogens (tertiary/aromatic N) is 1.